The van der Waals surface area contributed by atoms with Crippen molar-refractivity contribution in [1.82, 2.24) is 10.3 Å². The van der Waals surface area contributed by atoms with Crippen LogP contribution in [-0.2, 0) is 6.42 Å². The van der Waals surface area contributed by atoms with Crippen LogP contribution < -0.4 is 5.32 Å². The van der Waals surface area contributed by atoms with Crippen molar-refractivity contribution in [2.24, 2.45) is 0 Å². The summed E-state index contributed by atoms with van der Waals surface area (Å²) in [6.45, 7) is 4.03. The lowest BCUT2D eigenvalue weighted by atomic mass is 10.0. The summed E-state index contributed by atoms with van der Waals surface area (Å²) in [5, 5.41) is 4.56. The molecule has 0 amide bonds. The number of benzene rings is 1. The topological polar surface area (TPSA) is 24.9 Å². The molecule has 0 bridgehead atoms. The normalized spacial score (nSPS) is 12.7. The first-order chi connectivity index (χ1) is 9.02. The molecule has 0 saturated heterocycles. The van der Waals surface area contributed by atoms with Crippen LogP contribution in [-0.4, -0.2) is 12.0 Å². The number of halogens is 2. The van der Waals surface area contributed by atoms with Crippen LogP contribution >= 0.6 is 22.9 Å². The first kappa shape index (κ1) is 14.4. The van der Waals surface area contributed by atoms with Gasteiger partial charge in [0.15, 0.2) is 0 Å². The van der Waals surface area contributed by atoms with E-state index in [2.05, 4.69) is 10.3 Å². The van der Waals surface area contributed by atoms with Gasteiger partial charge in [0.25, 0.3) is 0 Å². The minimum atomic E-state index is -0.281. The van der Waals surface area contributed by atoms with E-state index in [0.717, 1.165) is 10.7 Å². The third-order valence-corrected chi connectivity index (χ3v) is 4.57. The summed E-state index contributed by atoms with van der Waals surface area (Å²) in [6, 6.07) is 4.59. The van der Waals surface area contributed by atoms with Gasteiger partial charge in [-0.2, -0.15) is 0 Å². The van der Waals surface area contributed by atoms with E-state index in [1.165, 1.54) is 10.9 Å². The number of nitrogens with one attached hydrogen (secondary N) is 1. The zero-order chi connectivity index (χ0) is 14.0. The minimum absolute atomic E-state index is 0.168. The number of rotatable bonds is 4. The molecule has 0 radical (unpaired) electrons. The SMILES string of the molecule is CNC(Cc1nc(C)c(C)s1)c1c(F)cccc1Cl. The smallest absolute Gasteiger partial charge is 0.129 e. The molecular weight excluding hydrogens is 283 g/mol. The number of thiazole rings is 1. The molecule has 2 nitrogen and oxygen atoms in total. The van der Waals surface area contributed by atoms with Gasteiger partial charge >= 0.3 is 0 Å². The number of hydrogen-bond donors (Lipinski definition) is 1. The van der Waals surface area contributed by atoms with Gasteiger partial charge in [0.05, 0.1) is 10.7 Å². The minimum Gasteiger partial charge on any atom is -0.313 e. The van der Waals surface area contributed by atoms with Crippen molar-refractivity contribution in [2.75, 3.05) is 7.05 Å². The number of aryl methyl sites for hydroxylation is 2. The Kier molecular flexibility index (Phi) is 4.55. The monoisotopic (exact) mass is 298 g/mol. The van der Waals surface area contributed by atoms with E-state index in [1.807, 2.05) is 13.8 Å². The summed E-state index contributed by atoms with van der Waals surface area (Å²) in [5.74, 6) is -0.281. The summed E-state index contributed by atoms with van der Waals surface area (Å²) < 4.78 is 13.9. The van der Waals surface area contributed by atoms with Gasteiger partial charge in [-0.15, -0.1) is 11.3 Å². The van der Waals surface area contributed by atoms with Crippen LogP contribution in [0.1, 0.15) is 27.2 Å². The number of likely N-dealkylation sites (N-methyl/N-ethyl adjacent to an activating group) is 1. The fourth-order valence-electron chi connectivity index (χ4n) is 1.99. The maximum absolute atomic E-state index is 13.9. The van der Waals surface area contributed by atoms with E-state index in [0.29, 0.717) is 17.0 Å². The molecule has 0 spiro atoms. The lowest BCUT2D eigenvalue weighted by Gasteiger charge is -2.17. The summed E-state index contributed by atoms with van der Waals surface area (Å²) in [4.78, 5) is 5.69. The molecule has 2 aromatic rings. The van der Waals surface area contributed by atoms with E-state index in [4.69, 9.17) is 11.6 Å². The van der Waals surface area contributed by atoms with Gasteiger partial charge in [0.1, 0.15) is 5.82 Å². The fourth-order valence-corrected chi connectivity index (χ4v) is 3.27. The van der Waals surface area contributed by atoms with Crippen molar-refractivity contribution in [3.8, 4) is 0 Å². The number of aromatic nitrogens is 1. The Morgan fingerprint density at radius 3 is 2.68 bits per heavy atom. The van der Waals surface area contributed by atoms with Crippen LogP contribution in [0.2, 0.25) is 5.02 Å². The highest BCUT2D eigenvalue weighted by Gasteiger charge is 2.19. The first-order valence-corrected chi connectivity index (χ1v) is 7.26. The molecule has 1 N–H and O–H groups in total. The van der Waals surface area contributed by atoms with Gasteiger partial charge in [-0.1, -0.05) is 17.7 Å². The average Bonchev–Trinajstić information content (AvgIpc) is 2.67. The van der Waals surface area contributed by atoms with E-state index >= 15 is 0 Å². The largest absolute Gasteiger partial charge is 0.313 e. The molecule has 1 atom stereocenters. The van der Waals surface area contributed by atoms with Crippen molar-refractivity contribution in [3.05, 3.63) is 50.2 Å². The molecule has 0 aliphatic rings. The Bertz CT molecular complexity index is 543. The van der Waals surface area contributed by atoms with Gasteiger partial charge in [0.2, 0.25) is 0 Å². The molecule has 1 aromatic carbocycles. The second-order valence-corrected chi connectivity index (χ2v) is 6.12. The molecular formula is C14H16ClFN2S. The van der Waals surface area contributed by atoms with E-state index in [-0.39, 0.29) is 11.9 Å². The lowest BCUT2D eigenvalue weighted by molar-refractivity contribution is 0.533. The van der Waals surface area contributed by atoms with Crippen LogP contribution in [0.5, 0.6) is 0 Å². The molecule has 1 heterocycles. The van der Waals surface area contributed by atoms with Crippen LogP contribution in [0.4, 0.5) is 4.39 Å². The van der Waals surface area contributed by atoms with Crippen LogP contribution in [0, 0.1) is 19.7 Å². The standard InChI is InChI=1S/C14H16ClFN2S/c1-8-9(2)19-13(18-8)7-12(17-3)14-10(15)5-4-6-11(14)16/h4-6,12,17H,7H2,1-3H3. The van der Waals surface area contributed by atoms with Crippen molar-refractivity contribution in [1.29, 1.82) is 0 Å². The van der Waals surface area contributed by atoms with Gasteiger partial charge in [-0.3, -0.25) is 0 Å². The van der Waals surface area contributed by atoms with Gasteiger partial charge in [-0.25, -0.2) is 9.37 Å². The quantitative estimate of drug-likeness (QED) is 0.921. The summed E-state index contributed by atoms with van der Waals surface area (Å²) in [5.41, 5.74) is 1.55. The van der Waals surface area contributed by atoms with Crippen LogP contribution in [0.3, 0.4) is 0 Å². The van der Waals surface area contributed by atoms with Gasteiger partial charge in [-0.05, 0) is 33.0 Å². The summed E-state index contributed by atoms with van der Waals surface area (Å²) in [6.07, 6.45) is 0.635. The molecule has 0 fully saturated rings. The Balaban J connectivity index is 2.30. The predicted molar refractivity (Wildman–Crippen MR) is 78.5 cm³/mol. The molecule has 0 saturated carbocycles. The number of nitrogens with zero attached hydrogens (tertiary/aromatic N) is 1. The third kappa shape index (κ3) is 3.14. The zero-order valence-corrected chi connectivity index (χ0v) is 12.7. The Labute approximate surface area is 121 Å². The maximum atomic E-state index is 13.9. The second-order valence-electron chi connectivity index (χ2n) is 4.43. The zero-order valence-electron chi connectivity index (χ0n) is 11.1. The summed E-state index contributed by atoms with van der Waals surface area (Å²) >= 11 is 7.76. The van der Waals surface area contributed by atoms with Gasteiger partial charge in [0, 0.05) is 27.9 Å². The predicted octanol–water partition coefficient (Wildman–Crippen LogP) is 4.06. The first-order valence-electron chi connectivity index (χ1n) is 6.07. The third-order valence-electron chi connectivity index (χ3n) is 3.15. The second kappa shape index (κ2) is 5.99. The average molecular weight is 299 g/mol. The highest BCUT2D eigenvalue weighted by atomic mass is 35.5. The molecule has 2 rings (SSSR count). The molecule has 19 heavy (non-hydrogen) atoms. The molecule has 1 aromatic heterocycles. The maximum Gasteiger partial charge on any atom is 0.129 e. The summed E-state index contributed by atoms with van der Waals surface area (Å²) in [7, 11) is 1.81. The van der Waals surface area contributed by atoms with E-state index in [1.54, 1.807) is 30.5 Å². The molecule has 1 unspecified atom stereocenters. The van der Waals surface area contributed by atoms with Crippen molar-refractivity contribution in [3.63, 3.8) is 0 Å². The lowest BCUT2D eigenvalue weighted by Crippen LogP contribution is -2.20. The van der Waals surface area contributed by atoms with Crippen molar-refractivity contribution in [2.45, 2.75) is 26.3 Å². The fraction of sp³-hybridized carbons (Fsp3) is 0.357. The van der Waals surface area contributed by atoms with Crippen molar-refractivity contribution < 1.29 is 4.39 Å². The van der Waals surface area contributed by atoms with Crippen LogP contribution in [0.15, 0.2) is 18.2 Å². The Morgan fingerprint density at radius 2 is 2.16 bits per heavy atom. The van der Waals surface area contributed by atoms with Gasteiger partial charge < -0.3 is 5.32 Å². The van der Waals surface area contributed by atoms with E-state index in [9.17, 15) is 4.39 Å². The Morgan fingerprint density at radius 1 is 1.42 bits per heavy atom. The molecule has 0 aliphatic heterocycles. The highest BCUT2D eigenvalue weighted by Crippen LogP contribution is 2.29. The molecule has 5 heteroatoms. The van der Waals surface area contributed by atoms with E-state index < -0.39 is 0 Å². The molecule has 0 aliphatic carbocycles. The molecule has 102 valence electrons. The van der Waals surface area contributed by atoms with Crippen molar-refractivity contribution >= 4 is 22.9 Å². The highest BCUT2D eigenvalue weighted by molar-refractivity contribution is 7.11. The number of hydrogen-bond acceptors (Lipinski definition) is 3. The van der Waals surface area contributed by atoms with Crippen LogP contribution in [0.25, 0.3) is 0 Å². The Hall–Kier alpha value is -0.970.